The maximum Gasteiger partial charge on any atom is 0.217 e. The van der Waals surface area contributed by atoms with Gasteiger partial charge >= 0.3 is 0 Å². The fraction of sp³-hybridized carbons (Fsp3) is 0.955. The SMILES string of the molecule is CC(=O)N[C@H]1[C@H](O[C@H]2[C@@H](O)[C@@H](CO[C@@H]3O[C@H](CO)[C@@H](O[C@@H]4O[C@H](CO)[C@H](O)[C@H](O[C@@H]5O[C@H](CO)[C@@H](O)[C@H](O[C@@H]6O[C@H](CO)[C@H](O)[C@H](O)[C@H]6O)[C@H]5NC(C)=O)[C@H]4O)[C@H](O[C@@H]4O[C@@H](C)[C@@H](O)[C@@H](O)[C@@H]4O)[C@H]3NC(C)=O)O[C@@H](O[C@H]3[C@H](O)[C@@H](O)C(O)O[C@@H]3CO)[C@@H]2O)O[C@H](CO)[C@@H](O[C@@H]2O[C@@H](C)[C@@H](O)[C@@H](O)[C@@H]2O)[C@@H]1O[C@@H]1O[C@H](CO)[C@H](O)[C@H](O)[C@H]1O. The Morgan fingerprint density at radius 2 is 0.500 bits per heavy atom. The Balaban J connectivity index is 0.993. The van der Waals surface area contributed by atoms with Crippen LogP contribution in [0.3, 0.4) is 0 Å². The minimum absolute atomic E-state index is 0.914. The average Bonchev–Trinajstić information content (AvgIpc) is 0.760. The van der Waals surface area contributed by atoms with Gasteiger partial charge in [-0.15, -0.1) is 0 Å². The van der Waals surface area contributed by atoms with E-state index in [0.717, 1.165) is 20.8 Å². The largest absolute Gasteiger partial charge is 0.394 e. The second-order valence-corrected chi connectivity index (χ2v) is 30.2. The summed E-state index contributed by atoms with van der Waals surface area (Å²) in [5, 5.41) is 306. The van der Waals surface area contributed by atoms with Crippen molar-refractivity contribution < 1.29 is 242 Å². The van der Waals surface area contributed by atoms with Crippen molar-refractivity contribution in [2.24, 2.45) is 0 Å². The van der Waals surface area contributed by atoms with E-state index in [-0.39, 0.29) is 0 Å². The minimum Gasteiger partial charge on any atom is -0.394 e. The van der Waals surface area contributed by atoms with E-state index in [9.17, 15) is 152 Å². The number of carbonyl (C=O) groups is 3. The quantitative estimate of drug-likeness (QED) is 0.0331. The first-order valence-electron chi connectivity index (χ1n) is 37.9. The summed E-state index contributed by atoms with van der Waals surface area (Å²) in [6.07, 6.45) is -97.3. The number of amides is 3. The van der Waals surface area contributed by atoms with Gasteiger partial charge < -0.3 is 244 Å². The van der Waals surface area contributed by atoms with Crippen molar-refractivity contribution in [2.75, 3.05) is 52.9 Å². The fourth-order valence-electron chi connectivity index (χ4n) is 15.4. The molecule has 10 rings (SSSR count). The van der Waals surface area contributed by atoms with Gasteiger partial charge in [-0.25, -0.2) is 0 Å². The van der Waals surface area contributed by atoms with Gasteiger partial charge in [0, 0.05) is 20.8 Å². The number of rotatable bonds is 29. The molecule has 10 aliphatic heterocycles. The predicted octanol–water partition coefficient (Wildman–Crippen LogP) is -20.3. The third-order valence-electron chi connectivity index (χ3n) is 22.0. The molecule has 684 valence electrons. The monoisotopic (exact) mass is 1730 g/mol. The zero-order chi connectivity index (χ0) is 86.8. The van der Waals surface area contributed by atoms with Crippen LogP contribution in [0.4, 0.5) is 0 Å². The molecule has 0 aromatic carbocycles. The first kappa shape index (κ1) is 96.8. The Morgan fingerprint density at radius 1 is 0.237 bits per heavy atom. The van der Waals surface area contributed by atoms with Crippen LogP contribution in [0.1, 0.15) is 34.6 Å². The second-order valence-electron chi connectivity index (χ2n) is 30.2. The molecule has 3 amide bonds. The van der Waals surface area contributed by atoms with E-state index in [0.29, 0.717) is 0 Å². The van der Waals surface area contributed by atoms with Crippen LogP contribution in [-0.2, 0) is 104 Å². The lowest BCUT2D eigenvalue weighted by Crippen LogP contribution is -2.71. The smallest absolute Gasteiger partial charge is 0.217 e. The van der Waals surface area contributed by atoms with Crippen molar-refractivity contribution in [2.45, 2.75) is 341 Å². The molecule has 0 saturated carbocycles. The number of nitrogens with one attached hydrogen (secondary N) is 3. The molecule has 118 heavy (non-hydrogen) atoms. The highest BCUT2D eigenvalue weighted by molar-refractivity contribution is 5.74. The molecule has 52 nitrogen and oxygen atoms in total. The topological polar surface area (TPSA) is 809 Å². The number of aliphatic hydroxyl groups is 27. The zero-order valence-electron chi connectivity index (χ0n) is 63.6. The summed E-state index contributed by atoms with van der Waals surface area (Å²) < 4.78 is 114. The highest BCUT2D eigenvalue weighted by Crippen LogP contribution is 2.41. The molecular weight excluding hydrogens is 1620 g/mol. The molecule has 0 aromatic rings. The summed E-state index contributed by atoms with van der Waals surface area (Å²) in [5.74, 6) is -2.96. The van der Waals surface area contributed by atoms with Crippen LogP contribution < -0.4 is 16.0 Å². The molecule has 0 spiro atoms. The Hall–Kier alpha value is -3.43. The molecule has 0 aromatic heterocycles. The predicted molar refractivity (Wildman–Crippen MR) is 362 cm³/mol. The van der Waals surface area contributed by atoms with E-state index < -0.39 is 377 Å². The van der Waals surface area contributed by atoms with Gasteiger partial charge in [-0.3, -0.25) is 14.4 Å². The maximum absolute atomic E-state index is 13.7. The van der Waals surface area contributed by atoms with Crippen molar-refractivity contribution >= 4 is 17.7 Å². The molecule has 0 bridgehead atoms. The maximum atomic E-state index is 13.7. The number of hydrogen-bond acceptors (Lipinski definition) is 49. The molecule has 10 heterocycles. The number of hydrogen-bond donors (Lipinski definition) is 30. The summed E-state index contributed by atoms with van der Waals surface area (Å²) in [5.41, 5.74) is 0. The second kappa shape index (κ2) is 41.8. The Kier molecular flexibility index (Phi) is 34.3. The molecular formula is C66H111N3O49. The van der Waals surface area contributed by atoms with Crippen LogP contribution in [0, 0.1) is 0 Å². The molecule has 10 fully saturated rings. The van der Waals surface area contributed by atoms with Crippen LogP contribution >= 0.6 is 0 Å². The van der Waals surface area contributed by atoms with Gasteiger partial charge in [0.05, 0.1) is 65.1 Å². The molecule has 52 heteroatoms. The minimum atomic E-state index is -2.51. The number of carbonyl (C=O) groups excluding carboxylic acids is 3. The Labute approximate surface area is 668 Å². The lowest BCUT2D eigenvalue weighted by atomic mass is 9.93. The van der Waals surface area contributed by atoms with Crippen molar-refractivity contribution in [3.05, 3.63) is 0 Å². The third-order valence-corrected chi connectivity index (χ3v) is 22.0. The zero-order valence-corrected chi connectivity index (χ0v) is 63.6. The first-order valence-corrected chi connectivity index (χ1v) is 37.9. The van der Waals surface area contributed by atoms with Crippen LogP contribution in [-0.4, -0.2) is 515 Å². The van der Waals surface area contributed by atoms with Gasteiger partial charge in [-0.1, -0.05) is 0 Å². The van der Waals surface area contributed by atoms with Gasteiger partial charge in [0.1, 0.15) is 232 Å². The molecule has 10 saturated heterocycles. The molecule has 30 N–H and O–H groups in total. The van der Waals surface area contributed by atoms with Crippen molar-refractivity contribution in [1.29, 1.82) is 0 Å². The fourth-order valence-corrected chi connectivity index (χ4v) is 15.4. The highest BCUT2D eigenvalue weighted by Gasteiger charge is 2.62. The summed E-state index contributed by atoms with van der Waals surface area (Å²) in [4.78, 5) is 40.1. The van der Waals surface area contributed by atoms with Crippen LogP contribution in [0.15, 0.2) is 0 Å². The van der Waals surface area contributed by atoms with Gasteiger partial charge in [0.15, 0.2) is 62.9 Å². The standard InChI is InChI=1S/C66H111N3O49/c1-14-30(80)37(87)43(93)61(101-14)112-51-25(12-76)109-60(29(69-18(5)79)54(51)116-64-46(96)40(90)33(83)20(7-71)106-64)118-56-36(86)26(110-66(48(56)98)111-49-23(10-74)103-57(99)42(92)41(49)91)13-100-58-28(68-17(4)78)53(115-62-44(94)38(88)31(81)15(2)102-62)50(24(11-75)108-58)113-65-47(97)55(35(85)22(9-73)107-65)117-59-27(67-16(3)77)52(34(84)21(8-72)104-59)114-63-45(95)39(89)32(82)19(6-70)105-63/h14-15,19-66,70-76,80-99H,6-13H2,1-5H3,(H,67,77)(H,68,78)(H,69,79)/t14-,15-,19+,20+,21+,22+,23+,24+,25+,26+,27+,28+,29+,30+,31+,32-,33-,34+,35-,36-,37+,38+,39-,40-,41+,42+,43-,44-,45+,46+,47+,48+,49+,50+,51+,52+,53+,54+,55-,56-,57?,58+,59-,60-,61-,62-,63-,64-,65-,66-/m0/s1. The molecule has 10 aliphatic rings. The third kappa shape index (κ3) is 20.8. The lowest BCUT2D eigenvalue weighted by molar-refractivity contribution is -0.395. The van der Waals surface area contributed by atoms with Gasteiger partial charge in [0.25, 0.3) is 0 Å². The molecule has 0 aliphatic carbocycles. The van der Waals surface area contributed by atoms with E-state index in [2.05, 4.69) is 16.0 Å². The molecule has 1 unspecified atom stereocenters. The highest BCUT2D eigenvalue weighted by atomic mass is 16.8. The van der Waals surface area contributed by atoms with Gasteiger partial charge in [-0.05, 0) is 13.8 Å². The van der Waals surface area contributed by atoms with Gasteiger partial charge in [0.2, 0.25) is 17.7 Å². The van der Waals surface area contributed by atoms with Crippen LogP contribution in [0.5, 0.6) is 0 Å². The number of aliphatic hydroxyl groups excluding tert-OH is 27. The summed E-state index contributed by atoms with van der Waals surface area (Å²) >= 11 is 0. The van der Waals surface area contributed by atoms with Crippen molar-refractivity contribution in [1.82, 2.24) is 16.0 Å². The molecule has 0 radical (unpaired) electrons. The van der Waals surface area contributed by atoms with E-state index in [1.165, 1.54) is 13.8 Å². The van der Waals surface area contributed by atoms with E-state index in [1.54, 1.807) is 0 Å². The van der Waals surface area contributed by atoms with Crippen molar-refractivity contribution in [3.8, 4) is 0 Å². The Bertz CT molecular complexity index is 3140. The first-order chi connectivity index (χ1) is 55.8. The number of ether oxygens (including phenoxy) is 19. The average molecular weight is 1730 g/mol. The van der Waals surface area contributed by atoms with Crippen LogP contribution in [0.25, 0.3) is 0 Å². The van der Waals surface area contributed by atoms with Gasteiger partial charge in [-0.2, -0.15) is 0 Å². The van der Waals surface area contributed by atoms with E-state index in [1.807, 2.05) is 0 Å². The van der Waals surface area contributed by atoms with Crippen molar-refractivity contribution in [3.63, 3.8) is 0 Å². The summed E-state index contributed by atoms with van der Waals surface area (Å²) in [6, 6.07) is -5.95. The van der Waals surface area contributed by atoms with E-state index >= 15 is 0 Å². The summed E-state index contributed by atoms with van der Waals surface area (Å²) in [6.45, 7) is -3.81. The van der Waals surface area contributed by atoms with Crippen LogP contribution in [0.2, 0.25) is 0 Å². The molecule has 50 atom stereocenters. The lowest BCUT2D eigenvalue weighted by Gasteiger charge is -2.52. The van der Waals surface area contributed by atoms with E-state index in [4.69, 9.17) is 90.0 Å². The Morgan fingerprint density at radius 3 is 0.890 bits per heavy atom. The summed E-state index contributed by atoms with van der Waals surface area (Å²) in [7, 11) is 0. The normalized spacial score (nSPS) is 51.1.